The van der Waals surface area contributed by atoms with Gasteiger partial charge in [-0.3, -0.25) is 0 Å². The molecule has 0 aliphatic heterocycles. The fourth-order valence-electron chi connectivity index (χ4n) is 5.90. The van der Waals surface area contributed by atoms with Gasteiger partial charge in [0, 0.05) is 0 Å². The predicted octanol–water partition coefficient (Wildman–Crippen LogP) is 2.47. The summed E-state index contributed by atoms with van der Waals surface area (Å²) < 4.78 is 1.38. The number of hydrogen-bond donors (Lipinski definition) is 0. The second-order valence-corrected chi connectivity index (χ2v) is 38.0. The van der Waals surface area contributed by atoms with Gasteiger partial charge in [0.15, 0.2) is 0 Å². The maximum absolute atomic E-state index is 2.63. The van der Waals surface area contributed by atoms with Crippen LogP contribution in [0.25, 0.3) is 34.4 Å². The van der Waals surface area contributed by atoms with Crippen LogP contribution in [-0.4, -0.2) is 5.98 Å². The minimum Gasteiger partial charge on any atom is -1.00 e. The third-order valence-corrected chi connectivity index (χ3v) is 37.8. The fourth-order valence-corrected chi connectivity index (χ4v) is 35.6. The van der Waals surface area contributed by atoms with Crippen LogP contribution in [0.5, 0.6) is 0 Å². The first kappa shape index (κ1) is 27.1. The Morgan fingerprint density at radius 3 is 1.33 bits per heavy atom. The van der Waals surface area contributed by atoms with E-state index in [1.54, 1.807) is 11.1 Å². The van der Waals surface area contributed by atoms with Crippen molar-refractivity contribution >= 4 is 18.1 Å². The number of hydrogen-bond acceptors (Lipinski definition) is 0. The number of halogens is 2. The van der Waals surface area contributed by atoms with Gasteiger partial charge in [0.1, 0.15) is 0 Å². The van der Waals surface area contributed by atoms with Crippen LogP contribution < -0.4 is 24.8 Å². The summed E-state index contributed by atoms with van der Waals surface area (Å²) in [4.78, 5) is 0. The maximum Gasteiger partial charge on any atom is -1.00 e. The van der Waals surface area contributed by atoms with Gasteiger partial charge in [-0.25, -0.2) is 0 Å². The van der Waals surface area contributed by atoms with Crippen LogP contribution in [0.3, 0.4) is 0 Å². The number of rotatable bonds is 5. The molecule has 0 nitrogen and oxygen atoms in total. The number of allylic oxidation sites excluding steroid dienone is 2. The summed E-state index contributed by atoms with van der Waals surface area (Å²) in [6, 6.07) is 35.8. The SMILES string of the molecule is C[SiH](C)[Hf+2]([CH]1C=Cc2c(-c3ccccc3)cccc21)[CH]1C=Cc2c(-c3ccccc3)cccc21.[Cl-].[Cl-]. The fraction of sp³-hybridized carbons (Fsp3) is 0.125. The summed E-state index contributed by atoms with van der Waals surface area (Å²) >= 11 is -2.11. The van der Waals surface area contributed by atoms with E-state index in [0.29, 0.717) is 7.35 Å². The Morgan fingerprint density at radius 1 is 0.528 bits per heavy atom. The average molecular weight is 691 g/mol. The number of fused-ring (bicyclic) bond motifs is 2. The van der Waals surface area contributed by atoms with Gasteiger partial charge in [-0.05, 0) is 0 Å². The van der Waals surface area contributed by atoms with Gasteiger partial charge >= 0.3 is 213 Å². The molecule has 2 aliphatic rings. The zero-order valence-electron chi connectivity index (χ0n) is 20.5. The Hall–Kier alpha value is -1.97. The molecule has 0 saturated carbocycles. The molecule has 179 valence electrons. The summed E-state index contributed by atoms with van der Waals surface area (Å²) in [5.41, 5.74) is 11.6. The Morgan fingerprint density at radius 2 is 0.944 bits per heavy atom. The van der Waals surface area contributed by atoms with E-state index in [1.165, 1.54) is 33.4 Å². The van der Waals surface area contributed by atoms with Gasteiger partial charge in [0.2, 0.25) is 0 Å². The molecule has 4 aromatic rings. The van der Waals surface area contributed by atoms with Gasteiger partial charge in [-0.15, -0.1) is 0 Å². The van der Waals surface area contributed by atoms with Crippen LogP contribution >= 0.6 is 0 Å². The first-order valence-corrected chi connectivity index (χ1v) is 25.6. The average Bonchev–Trinajstić information content (AvgIpc) is 3.50. The van der Waals surface area contributed by atoms with Gasteiger partial charge in [0.25, 0.3) is 0 Å². The normalized spacial score (nSPS) is 16.8. The minimum atomic E-state index is -2.11. The van der Waals surface area contributed by atoms with E-state index in [9.17, 15) is 0 Å². The maximum atomic E-state index is 2.63. The van der Waals surface area contributed by atoms with Crippen molar-refractivity contribution < 1.29 is 45.4 Å². The molecule has 0 radical (unpaired) electrons. The van der Waals surface area contributed by atoms with E-state index in [1.807, 2.05) is 0 Å². The minimum absolute atomic E-state index is 0. The van der Waals surface area contributed by atoms with Crippen LogP contribution in [0, 0.1) is 0 Å². The molecule has 6 rings (SSSR count). The Kier molecular flexibility index (Phi) is 8.73. The molecule has 2 unspecified atom stereocenters. The summed E-state index contributed by atoms with van der Waals surface area (Å²) in [6.45, 7) is 5.25. The molecule has 4 heteroatoms. The van der Waals surface area contributed by atoms with Crippen LogP contribution in [0.4, 0.5) is 0 Å². The molecular formula is C32H29Cl2HfSi. The molecule has 0 N–H and O–H groups in total. The largest absolute Gasteiger partial charge is 1.00 e. The van der Waals surface area contributed by atoms with Crippen molar-refractivity contribution in [1.82, 2.24) is 0 Å². The summed E-state index contributed by atoms with van der Waals surface area (Å²) in [5, 5.41) is 0. The molecule has 2 aliphatic carbocycles. The molecular weight excluding hydrogens is 662 g/mol. The third-order valence-electron chi connectivity index (χ3n) is 7.41. The molecule has 0 aromatic heterocycles. The Bertz CT molecular complexity index is 1290. The molecule has 0 heterocycles. The first-order valence-electron chi connectivity index (χ1n) is 12.3. The Labute approximate surface area is 236 Å². The molecule has 0 amide bonds. The molecule has 0 bridgehead atoms. The summed E-state index contributed by atoms with van der Waals surface area (Å²) in [5.74, 6) is -0.778. The number of benzene rings is 4. The summed E-state index contributed by atoms with van der Waals surface area (Å²) in [6.07, 6.45) is 10.1. The summed E-state index contributed by atoms with van der Waals surface area (Å²) in [7, 11) is 0. The van der Waals surface area contributed by atoms with Crippen LogP contribution in [0.1, 0.15) is 29.6 Å². The molecule has 36 heavy (non-hydrogen) atoms. The molecule has 4 aromatic carbocycles. The first-order chi connectivity index (χ1) is 16.7. The van der Waals surface area contributed by atoms with Crippen molar-refractivity contribution in [3.05, 3.63) is 131 Å². The van der Waals surface area contributed by atoms with Gasteiger partial charge < -0.3 is 24.8 Å². The molecule has 0 saturated heterocycles. The Balaban J connectivity index is 0.00000152. The quantitative estimate of drug-likeness (QED) is 0.283. The monoisotopic (exact) mass is 691 g/mol. The van der Waals surface area contributed by atoms with E-state index < -0.39 is 26.6 Å². The van der Waals surface area contributed by atoms with Crippen molar-refractivity contribution in [3.63, 3.8) is 0 Å². The molecule has 0 spiro atoms. The van der Waals surface area contributed by atoms with Gasteiger partial charge in [-0.2, -0.15) is 0 Å². The van der Waals surface area contributed by atoms with Crippen LogP contribution in [0.2, 0.25) is 13.1 Å². The van der Waals surface area contributed by atoms with Gasteiger partial charge in [0.05, 0.1) is 0 Å². The van der Waals surface area contributed by atoms with E-state index in [0.717, 1.165) is 0 Å². The standard InChI is InChI=1S/2C15H11.C2H7Si.2ClH.Hf/c2*1-2-6-12(7-3-1)14-10-4-8-13-9-5-11-15(13)14;1-3-2;;;/h2*1-11H;3H,1-2H3;2*1H;/q;;;;;+2/p-2. The topological polar surface area (TPSA) is 0 Å². The zero-order chi connectivity index (χ0) is 23.1. The van der Waals surface area contributed by atoms with Crippen LogP contribution in [0.15, 0.2) is 109 Å². The predicted molar refractivity (Wildman–Crippen MR) is 146 cm³/mol. The smallest absolute Gasteiger partial charge is 1.00 e. The van der Waals surface area contributed by atoms with Crippen molar-refractivity contribution in [2.24, 2.45) is 0 Å². The zero-order valence-corrected chi connectivity index (χ0v) is 26.8. The van der Waals surface area contributed by atoms with E-state index >= 15 is 0 Å². The molecule has 2 atom stereocenters. The van der Waals surface area contributed by atoms with Crippen molar-refractivity contribution in [2.75, 3.05) is 0 Å². The van der Waals surface area contributed by atoms with Crippen molar-refractivity contribution in [2.45, 2.75) is 20.4 Å². The third kappa shape index (κ3) is 4.81. The van der Waals surface area contributed by atoms with Crippen molar-refractivity contribution in [3.8, 4) is 22.3 Å². The second-order valence-electron chi connectivity index (χ2n) is 9.68. The van der Waals surface area contributed by atoms with E-state index in [2.05, 4.69) is 134 Å². The van der Waals surface area contributed by atoms with E-state index in [-0.39, 0.29) is 24.8 Å². The van der Waals surface area contributed by atoms with Gasteiger partial charge in [-0.1, -0.05) is 0 Å². The van der Waals surface area contributed by atoms with E-state index in [4.69, 9.17) is 0 Å². The second kappa shape index (κ2) is 11.6. The van der Waals surface area contributed by atoms with Crippen LogP contribution in [-0.2, 0) is 20.6 Å². The van der Waals surface area contributed by atoms with Crippen molar-refractivity contribution in [1.29, 1.82) is 0 Å². The molecule has 0 fully saturated rings.